The van der Waals surface area contributed by atoms with Gasteiger partial charge in [0.15, 0.2) is 0 Å². The molecule has 1 rings (SSSR count). The average molecular weight is 212 g/mol. The van der Waals surface area contributed by atoms with Gasteiger partial charge >= 0.3 is 0 Å². The van der Waals surface area contributed by atoms with Gasteiger partial charge in [0.2, 0.25) is 0 Å². The first-order valence-electron chi connectivity index (χ1n) is 6.20. The summed E-state index contributed by atoms with van der Waals surface area (Å²) in [6.45, 7) is 11.2. The monoisotopic (exact) mass is 212 g/mol. The van der Waals surface area contributed by atoms with E-state index in [9.17, 15) is 0 Å². The molecule has 0 aromatic heterocycles. The van der Waals surface area contributed by atoms with E-state index >= 15 is 0 Å². The molecule has 2 heteroatoms. The van der Waals surface area contributed by atoms with E-state index in [1.54, 1.807) is 0 Å². The fourth-order valence-corrected chi connectivity index (χ4v) is 2.93. The van der Waals surface area contributed by atoms with Crippen molar-refractivity contribution in [2.45, 2.75) is 52.5 Å². The summed E-state index contributed by atoms with van der Waals surface area (Å²) in [6.07, 6.45) is 3.89. The Morgan fingerprint density at radius 1 is 1.40 bits per heavy atom. The van der Waals surface area contributed by atoms with Crippen LogP contribution in [0.5, 0.6) is 0 Å². The first-order chi connectivity index (χ1) is 6.79. The van der Waals surface area contributed by atoms with E-state index in [-0.39, 0.29) is 5.54 Å². The minimum Gasteiger partial charge on any atom is -0.329 e. The molecule has 2 atom stereocenters. The van der Waals surface area contributed by atoms with E-state index in [1.807, 2.05) is 0 Å². The lowest BCUT2D eigenvalue weighted by Crippen LogP contribution is -2.52. The average Bonchev–Trinajstić information content (AvgIpc) is 2.45. The molecule has 1 aliphatic carbocycles. The molecule has 0 radical (unpaired) electrons. The molecular formula is C13H28N2. The van der Waals surface area contributed by atoms with Crippen LogP contribution in [0.3, 0.4) is 0 Å². The van der Waals surface area contributed by atoms with Crippen molar-refractivity contribution >= 4 is 0 Å². The zero-order valence-corrected chi connectivity index (χ0v) is 11.1. The smallest absolute Gasteiger partial charge is 0.0331 e. The van der Waals surface area contributed by atoms with Gasteiger partial charge in [-0.2, -0.15) is 0 Å². The van der Waals surface area contributed by atoms with E-state index in [1.165, 1.54) is 19.3 Å². The van der Waals surface area contributed by atoms with Crippen molar-refractivity contribution in [3.8, 4) is 0 Å². The lowest BCUT2D eigenvalue weighted by Gasteiger charge is -2.41. The summed E-state index contributed by atoms with van der Waals surface area (Å²) in [5.74, 6) is 0.843. The lowest BCUT2D eigenvalue weighted by molar-refractivity contribution is 0.0881. The molecule has 0 amide bonds. The lowest BCUT2D eigenvalue weighted by atomic mass is 9.89. The fourth-order valence-electron chi connectivity index (χ4n) is 2.93. The molecule has 1 saturated carbocycles. The molecule has 0 heterocycles. The highest BCUT2D eigenvalue weighted by Gasteiger charge is 2.40. The van der Waals surface area contributed by atoms with Gasteiger partial charge in [-0.25, -0.2) is 0 Å². The molecule has 0 aromatic carbocycles. The van der Waals surface area contributed by atoms with Gasteiger partial charge < -0.3 is 5.73 Å². The second kappa shape index (κ2) is 4.42. The van der Waals surface area contributed by atoms with Gasteiger partial charge in [0.1, 0.15) is 0 Å². The Hall–Kier alpha value is -0.0800. The Labute approximate surface area is 95.2 Å². The Kier molecular flexibility index (Phi) is 3.83. The Morgan fingerprint density at radius 2 is 2.00 bits per heavy atom. The maximum absolute atomic E-state index is 6.01. The maximum Gasteiger partial charge on any atom is 0.0331 e. The number of nitrogens with zero attached hydrogens (tertiary/aromatic N) is 1. The summed E-state index contributed by atoms with van der Waals surface area (Å²) < 4.78 is 0. The van der Waals surface area contributed by atoms with Crippen LogP contribution in [0.25, 0.3) is 0 Å². The molecule has 0 aromatic rings. The van der Waals surface area contributed by atoms with Gasteiger partial charge in [-0.3, -0.25) is 4.90 Å². The van der Waals surface area contributed by atoms with Gasteiger partial charge in [0.25, 0.3) is 0 Å². The van der Waals surface area contributed by atoms with Crippen LogP contribution in [0.2, 0.25) is 0 Å². The van der Waals surface area contributed by atoms with Crippen LogP contribution in [0.1, 0.15) is 47.0 Å². The van der Waals surface area contributed by atoms with Crippen LogP contribution in [-0.2, 0) is 0 Å². The number of nitrogens with two attached hydrogens (primary N) is 1. The Morgan fingerprint density at radius 3 is 2.33 bits per heavy atom. The number of hydrogen-bond acceptors (Lipinski definition) is 2. The summed E-state index contributed by atoms with van der Waals surface area (Å²) in [5.41, 5.74) is 6.66. The second-order valence-corrected chi connectivity index (χ2v) is 6.69. The highest BCUT2D eigenvalue weighted by Crippen LogP contribution is 2.38. The fraction of sp³-hybridized carbons (Fsp3) is 1.00. The maximum atomic E-state index is 6.01. The van der Waals surface area contributed by atoms with E-state index < -0.39 is 0 Å². The predicted octanol–water partition coefficient (Wildman–Crippen LogP) is 2.48. The molecule has 2 nitrogen and oxygen atoms in total. The molecule has 2 unspecified atom stereocenters. The van der Waals surface area contributed by atoms with Crippen molar-refractivity contribution < 1.29 is 0 Å². The molecule has 90 valence electrons. The zero-order valence-electron chi connectivity index (χ0n) is 11.1. The topological polar surface area (TPSA) is 29.3 Å². The van der Waals surface area contributed by atoms with Gasteiger partial charge in [-0.05, 0) is 37.6 Å². The number of rotatable bonds is 3. The largest absolute Gasteiger partial charge is 0.329 e. The van der Waals surface area contributed by atoms with Crippen molar-refractivity contribution in [1.29, 1.82) is 0 Å². The third-order valence-corrected chi connectivity index (χ3v) is 3.73. The van der Waals surface area contributed by atoms with Gasteiger partial charge in [0.05, 0.1) is 0 Å². The summed E-state index contributed by atoms with van der Waals surface area (Å²) in [6, 6.07) is 0. The number of likely N-dealkylation sites (N-methyl/N-ethyl adjacent to an activating group) is 1. The van der Waals surface area contributed by atoms with E-state index in [0.29, 0.717) is 5.41 Å². The summed E-state index contributed by atoms with van der Waals surface area (Å²) in [7, 11) is 2.25. The van der Waals surface area contributed by atoms with Gasteiger partial charge in [-0.15, -0.1) is 0 Å². The molecule has 0 bridgehead atoms. The van der Waals surface area contributed by atoms with Gasteiger partial charge in [-0.1, -0.05) is 27.7 Å². The second-order valence-electron chi connectivity index (χ2n) is 6.69. The Bertz CT molecular complexity index is 207. The van der Waals surface area contributed by atoms with Crippen LogP contribution < -0.4 is 5.73 Å². The Balaban J connectivity index is 2.66. The quantitative estimate of drug-likeness (QED) is 0.779. The normalized spacial score (nSPS) is 32.6. The van der Waals surface area contributed by atoms with Crippen molar-refractivity contribution in [3.05, 3.63) is 0 Å². The summed E-state index contributed by atoms with van der Waals surface area (Å²) in [4.78, 5) is 2.51. The molecule has 1 fully saturated rings. The third-order valence-electron chi connectivity index (χ3n) is 3.73. The molecule has 0 aliphatic heterocycles. The highest BCUT2D eigenvalue weighted by atomic mass is 15.2. The van der Waals surface area contributed by atoms with Crippen molar-refractivity contribution in [2.24, 2.45) is 17.1 Å². The zero-order chi connectivity index (χ0) is 11.7. The third kappa shape index (κ3) is 3.18. The molecule has 2 N–H and O–H groups in total. The number of hydrogen-bond donors (Lipinski definition) is 1. The summed E-state index contributed by atoms with van der Waals surface area (Å²) in [5, 5.41) is 0. The molecular weight excluding hydrogens is 184 g/mol. The van der Waals surface area contributed by atoms with E-state index in [2.05, 4.69) is 39.6 Å². The van der Waals surface area contributed by atoms with E-state index in [0.717, 1.165) is 19.0 Å². The van der Waals surface area contributed by atoms with Crippen molar-refractivity contribution in [1.82, 2.24) is 4.90 Å². The van der Waals surface area contributed by atoms with Crippen molar-refractivity contribution in [3.63, 3.8) is 0 Å². The van der Waals surface area contributed by atoms with Crippen molar-refractivity contribution in [2.75, 3.05) is 20.1 Å². The standard InChI is InChI=1S/C13H28N2/c1-11-6-7-13(8-11,9-14)15(5)10-12(2,3)4/h11H,6-10,14H2,1-5H3. The first kappa shape index (κ1) is 13.0. The highest BCUT2D eigenvalue weighted by molar-refractivity contribution is 4.97. The molecule has 15 heavy (non-hydrogen) atoms. The predicted molar refractivity (Wildman–Crippen MR) is 66.9 cm³/mol. The van der Waals surface area contributed by atoms with Gasteiger partial charge in [0, 0.05) is 18.6 Å². The minimum atomic E-state index is 0.284. The molecule has 0 spiro atoms. The van der Waals surface area contributed by atoms with E-state index in [4.69, 9.17) is 5.73 Å². The van der Waals surface area contributed by atoms with Crippen LogP contribution in [0.15, 0.2) is 0 Å². The van der Waals surface area contributed by atoms with Crippen LogP contribution in [0, 0.1) is 11.3 Å². The van der Waals surface area contributed by atoms with Crippen LogP contribution in [-0.4, -0.2) is 30.6 Å². The first-order valence-corrected chi connectivity index (χ1v) is 6.20. The van der Waals surface area contributed by atoms with Crippen LogP contribution >= 0.6 is 0 Å². The minimum absolute atomic E-state index is 0.284. The molecule has 0 saturated heterocycles. The molecule has 1 aliphatic rings. The SMILES string of the molecule is CC1CCC(CN)(N(C)CC(C)(C)C)C1. The summed E-state index contributed by atoms with van der Waals surface area (Å²) >= 11 is 0. The van der Waals surface area contributed by atoms with Crippen LogP contribution in [0.4, 0.5) is 0 Å².